The van der Waals surface area contributed by atoms with Crippen molar-refractivity contribution >= 4 is 11.9 Å². The molecule has 2 heterocycles. The van der Waals surface area contributed by atoms with Gasteiger partial charge in [-0.2, -0.15) is 0 Å². The van der Waals surface area contributed by atoms with Gasteiger partial charge in [-0.15, -0.1) is 0 Å². The van der Waals surface area contributed by atoms with Crippen LogP contribution in [-0.4, -0.2) is 116 Å². The number of carboxylic acids is 1. The minimum atomic E-state index is -1.67. The van der Waals surface area contributed by atoms with Crippen molar-refractivity contribution in [2.75, 3.05) is 0 Å². The Kier molecular flexibility index (Phi) is 19.8. The van der Waals surface area contributed by atoms with Crippen LogP contribution in [0.2, 0.25) is 0 Å². The minimum absolute atomic E-state index is 0.203. The summed E-state index contributed by atoms with van der Waals surface area (Å²) >= 11 is 0. The summed E-state index contributed by atoms with van der Waals surface area (Å²) in [7, 11) is 0. The normalized spacial score (nSPS) is 32.5. The lowest BCUT2D eigenvalue weighted by atomic mass is 9.97. The first-order valence-corrected chi connectivity index (χ1v) is 17.8. The zero-order valence-corrected chi connectivity index (χ0v) is 28.8. The number of carboxylic acid groups (broad SMARTS) is 1. The zero-order chi connectivity index (χ0) is 34.9. The minimum Gasteiger partial charge on any atom is -0.481 e. The maximum atomic E-state index is 13.2. The van der Waals surface area contributed by atoms with Gasteiger partial charge in [0.05, 0.1) is 31.2 Å². The van der Waals surface area contributed by atoms with E-state index in [1.807, 2.05) is 0 Å². The van der Waals surface area contributed by atoms with Gasteiger partial charge in [0, 0.05) is 0 Å². The van der Waals surface area contributed by atoms with Crippen molar-refractivity contribution in [2.24, 2.45) is 0 Å². The fourth-order valence-electron chi connectivity index (χ4n) is 6.07. The number of unbranched alkanes of at least 4 members (excludes halogenated alkanes) is 10. The molecule has 2 rings (SSSR count). The van der Waals surface area contributed by atoms with Crippen LogP contribution in [-0.2, 0) is 33.3 Å². The van der Waals surface area contributed by atoms with Crippen molar-refractivity contribution in [3.8, 4) is 0 Å². The Morgan fingerprint density at radius 1 is 0.617 bits per heavy atom. The number of carbonyl (C=O) groups is 2. The van der Waals surface area contributed by atoms with Crippen molar-refractivity contribution in [2.45, 2.75) is 204 Å². The van der Waals surface area contributed by atoms with Gasteiger partial charge in [0.2, 0.25) is 0 Å². The van der Waals surface area contributed by atoms with Gasteiger partial charge in [0.15, 0.2) is 12.6 Å². The third-order valence-electron chi connectivity index (χ3n) is 9.06. The highest BCUT2D eigenvalue weighted by atomic mass is 16.8. The molecule has 47 heavy (non-hydrogen) atoms. The first-order chi connectivity index (χ1) is 22.4. The molecule has 0 amide bonds. The van der Waals surface area contributed by atoms with E-state index in [1.165, 1.54) is 19.8 Å². The van der Waals surface area contributed by atoms with Gasteiger partial charge in [-0.05, 0) is 33.1 Å². The van der Waals surface area contributed by atoms with Gasteiger partial charge >= 0.3 is 11.9 Å². The van der Waals surface area contributed by atoms with Gasteiger partial charge in [-0.25, -0.2) is 0 Å². The molecule has 0 aliphatic carbocycles. The molecule has 0 aromatic rings. The molecule has 12 atom stereocenters. The zero-order valence-electron chi connectivity index (χ0n) is 28.8. The highest BCUT2D eigenvalue weighted by Gasteiger charge is 2.50. The number of esters is 1. The second-order valence-corrected chi connectivity index (χ2v) is 13.3. The van der Waals surface area contributed by atoms with Gasteiger partial charge in [0.25, 0.3) is 0 Å². The largest absolute Gasteiger partial charge is 0.481 e. The third kappa shape index (κ3) is 14.5. The lowest BCUT2D eigenvalue weighted by Gasteiger charge is -2.46. The Hall–Kier alpha value is -1.42. The Labute approximate surface area is 279 Å². The second-order valence-electron chi connectivity index (χ2n) is 13.3. The maximum absolute atomic E-state index is 13.2. The number of aliphatic hydroxyl groups is 5. The number of ether oxygens (including phenoxy) is 5. The number of carbonyl (C=O) groups excluding carboxylic acids is 1. The summed E-state index contributed by atoms with van der Waals surface area (Å²) in [6.45, 7) is 7.30. The molecule has 0 bridgehead atoms. The smallest absolute Gasteiger partial charge is 0.308 e. The summed E-state index contributed by atoms with van der Waals surface area (Å²) in [5.41, 5.74) is 0. The van der Waals surface area contributed by atoms with E-state index in [0.717, 1.165) is 64.2 Å². The van der Waals surface area contributed by atoms with Crippen LogP contribution in [0.25, 0.3) is 0 Å². The summed E-state index contributed by atoms with van der Waals surface area (Å²) in [6.07, 6.45) is -2.54. The Bertz CT molecular complexity index is 875. The molecule has 13 heteroatoms. The average Bonchev–Trinajstić information content (AvgIpc) is 3.02. The molecule has 13 nitrogen and oxygen atoms in total. The average molecular weight is 679 g/mol. The van der Waals surface area contributed by atoms with Gasteiger partial charge < -0.3 is 54.3 Å². The summed E-state index contributed by atoms with van der Waals surface area (Å²) in [6, 6.07) is 0. The van der Waals surface area contributed by atoms with Crippen LogP contribution >= 0.6 is 0 Å². The van der Waals surface area contributed by atoms with Crippen molar-refractivity contribution in [1.29, 1.82) is 0 Å². The van der Waals surface area contributed by atoms with Crippen molar-refractivity contribution in [3.63, 3.8) is 0 Å². The molecule has 0 radical (unpaired) electrons. The summed E-state index contributed by atoms with van der Waals surface area (Å²) in [4.78, 5) is 24.7. The lowest BCUT2D eigenvalue weighted by molar-refractivity contribution is -0.366. The first kappa shape index (κ1) is 41.7. The topological polar surface area (TPSA) is 202 Å². The van der Waals surface area contributed by atoms with Crippen LogP contribution in [0.3, 0.4) is 0 Å². The van der Waals surface area contributed by atoms with E-state index in [2.05, 4.69) is 13.8 Å². The SMILES string of the molecule is CCCCCCCCC[C@@H](CC(=O)O)OC(=O)C[C@H](CCCCCCC)O[C@@H]1O[C@@H](C)[C@H](O)[C@@H](O)[C@H]1O[C@@H]1O[C@@H](C)[C@H](O)[C@@H](O)[C@H]1O. The van der Waals surface area contributed by atoms with E-state index in [9.17, 15) is 40.2 Å². The molecular formula is C34H62O13. The number of rotatable bonds is 23. The fourth-order valence-corrected chi connectivity index (χ4v) is 6.07. The van der Waals surface area contributed by atoms with Crippen LogP contribution in [0.1, 0.15) is 130 Å². The Morgan fingerprint density at radius 2 is 1.11 bits per heavy atom. The predicted molar refractivity (Wildman–Crippen MR) is 171 cm³/mol. The molecule has 0 unspecified atom stereocenters. The van der Waals surface area contributed by atoms with E-state index < -0.39 is 85.6 Å². The Balaban J connectivity index is 2.13. The van der Waals surface area contributed by atoms with Gasteiger partial charge in [0.1, 0.15) is 42.7 Å². The standard InChI is InChI=1S/C34H62O13/c1-5-7-9-11-12-14-16-17-23(19-25(35)36)45-26(37)20-24(18-15-13-10-8-6-2)46-34-32(30(41)28(39)22(4)44-34)47-33-31(42)29(40)27(38)21(3)43-33/h21-24,27-34,38-42H,5-20H2,1-4H3,(H,35,36)/t21-,22-,23-,24-,27-,28-,29+,30+,31+,32+,33-,34-/m0/s1. The van der Waals surface area contributed by atoms with E-state index in [-0.39, 0.29) is 12.8 Å². The van der Waals surface area contributed by atoms with Gasteiger partial charge in [-0.3, -0.25) is 9.59 Å². The molecule has 2 fully saturated rings. The molecule has 0 aromatic carbocycles. The number of hydrogen-bond donors (Lipinski definition) is 6. The number of hydrogen-bond acceptors (Lipinski definition) is 12. The van der Waals surface area contributed by atoms with Crippen molar-refractivity contribution in [3.05, 3.63) is 0 Å². The molecule has 2 saturated heterocycles. The molecule has 0 saturated carbocycles. The lowest BCUT2D eigenvalue weighted by Crippen LogP contribution is -2.63. The molecule has 0 spiro atoms. The summed E-state index contributed by atoms with van der Waals surface area (Å²) in [5.74, 6) is -1.66. The van der Waals surface area contributed by atoms with Gasteiger partial charge in [-0.1, -0.05) is 84.5 Å². The summed E-state index contributed by atoms with van der Waals surface area (Å²) in [5, 5.41) is 61.8. The third-order valence-corrected chi connectivity index (χ3v) is 9.06. The quantitative estimate of drug-likeness (QED) is 0.0680. The van der Waals surface area contributed by atoms with E-state index in [1.54, 1.807) is 6.92 Å². The summed E-state index contributed by atoms with van der Waals surface area (Å²) < 4.78 is 29.2. The van der Waals surface area contributed by atoms with E-state index >= 15 is 0 Å². The van der Waals surface area contributed by atoms with Crippen LogP contribution < -0.4 is 0 Å². The molecule has 6 N–H and O–H groups in total. The van der Waals surface area contributed by atoms with Crippen LogP contribution in [0.4, 0.5) is 0 Å². The van der Waals surface area contributed by atoms with Crippen molar-refractivity contribution in [1.82, 2.24) is 0 Å². The van der Waals surface area contributed by atoms with Crippen LogP contribution in [0.5, 0.6) is 0 Å². The Morgan fingerprint density at radius 3 is 1.66 bits per heavy atom. The van der Waals surface area contributed by atoms with Crippen molar-refractivity contribution < 1.29 is 63.9 Å². The predicted octanol–water partition coefficient (Wildman–Crippen LogP) is 3.33. The first-order valence-electron chi connectivity index (χ1n) is 17.8. The monoisotopic (exact) mass is 678 g/mol. The molecule has 0 aromatic heterocycles. The number of aliphatic carboxylic acids is 1. The fraction of sp³-hybridized carbons (Fsp3) is 0.941. The highest BCUT2D eigenvalue weighted by molar-refractivity contribution is 5.72. The molecule has 2 aliphatic rings. The van der Waals surface area contributed by atoms with Crippen LogP contribution in [0.15, 0.2) is 0 Å². The second kappa shape index (κ2) is 22.3. The molecule has 276 valence electrons. The molecular weight excluding hydrogens is 616 g/mol. The van der Waals surface area contributed by atoms with E-state index in [4.69, 9.17) is 23.7 Å². The van der Waals surface area contributed by atoms with E-state index in [0.29, 0.717) is 12.8 Å². The number of aliphatic hydroxyl groups excluding tert-OH is 5. The maximum Gasteiger partial charge on any atom is 0.308 e. The van der Waals surface area contributed by atoms with Crippen LogP contribution in [0, 0.1) is 0 Å². The highest BCUT2D eigenvalue weighted by Crippen LogP contribution is 2.31. The molecule has 2 aliphatic heterocycles.